The zero-order valence-corrected chi connectivity index (χ0v) is 14.2. The smallest absolute Gasteiger partial charge is 0.228 e. The third kappa shape index (κ3) is 3.71. The van der Waals surface area contributed by atoms with Gasteiger partial charge in [-0.3, -0.25) is 4.79 Å². The highest BCUT2D eigenvalue weighted by molar-refractivity contribution is 7.15. The first-order chi connectivity index (χ1) is 11.2. The summed E-state index contributed by atoms with van der Waals surface area (Å²) >= 11 is 1.58. The zero-order chi connectivity index (χ0) is 16.2. The number of benzene rings is 1. The van der Waals surface area contributed by atoms with Crippen LogP contribution in [0.1, 0.15) is 10.6 Å². The fraction of sp³-hybridized carbons (Fsp3) is 0.412. The molecule has 2 aromatic rings. The summed E-state index contributed by atoms with van der Waals surface area (Å²) in [5.74, 6) is 0.957. The highest BCUT2D eigenvalue weighted by Crippen LogP contribution is 2.30. The number of carbonyl (C=O) groups excluding carboxylic acids is 1. The Morgan fingerprint density at radius 3 is 2.91 bits per heavy atom. The topological polar surface area (TPSA) is 51.7 Å². The van der Waals surface area contributed by atoms with Crippen molar-refractivity contribution in [1.29, 1.82) is 0 Å². The van der Waals surface area contributed by atoms with Gasteiger partial charge in [-0.25, -0.2) is 4.98 Å². The summed E-state index contributed by atoms with van der Waals surface area (Å²) < 4.78 is 10.6. The van der Waals surface area contributed by atoms with Crippen LogP contribution in [0.15, 0.2) is 24.3 Å². The Balaban J connectivity index is 1.76. The van der Waals surface area contributed by atoms with Crippen molar-refractivity contribution in [2.24, 2.45) is 0 Å². The molecule has 0 aliphatic carbocycles. The summed E-state index contributed by atoms with van der Waals surface area (Å²) in [5, 5.41) is 0.922. The molecule has 23 heavy (non-hydrogen) atoms. The number of hydrogen-bond acceptors (Lipinski definition) is 5. The lowest BCUT2D eigenvalue weighted by Gasteiger charge is -2.26. The Morgan fingerprint density at radius 1 is 1.39 bits per heavy atom. The van der Waals surface area contributed by atoms with Gasteiger partial charge in [0.25, 0.3) is 0 Å². The molecule has 0 unspecified atom stereocenters. The molecule has 0 radical (unpaired) electrons. The molecule has 0 atom stereocenters. The van der Waals surface area contributed by atoms with E-state index in [-0.39, 0.29) is 5.91 Å². The molecule has 1 fully saturated rings. The molecular formula is C17H20N2O3S. The lowest BCUT2D eigenvalue weighted by Crippen LogP contribution is -2.41. The SMILES string of the molecule is COc1cccc(-c2nc(C)c(CC(=O)N3CCOCC3)s2)c1. The molecule has 1 amide bonds. The fourth-order valence-electron chi connectivity index (χ4n) is 2.53. The number of rotatable bonds is 4. The van der Waals surface area contributed by atoms with E-state index >= 15 is 0 Å². The first-order valence-electron chi connectivity index (χ1n) is 7.63. The third-order valence-corrected chi connectivity index (χ3v) is 5.09. The van der Waals surface area contributed by atoms with E-state index in [9.17, 15) is 4.79 Å². The molecule has 122 valence electrons. The van der Waals surface area contributed by atoms with Crippen LogP contribution in [-0.2, 0) is 16.0 Å². The molecule has 3 rings (SSSR count). The average Bonchev–Trinajstić information content (AvgIpc) is 2.96. The largest absolute Gasteiger partial charge is 0.497 e. The Morgan fingerprint density at radius 2 is 2.17 bits per heavy atom. The van der Waals surface area contributed by atoms with E-state index in [4.69, 9.17) is 9.47 Å². The van der Waals surface area contributed by atoms with Crippen LogP contribution in [-0.4, -0.2) is 49.2 Å². The van der Waals surface area contributed by atoms with Gasteiger partial charge in [-0.2, -0.15) is 0 Å². The molecule has 0 spiro atoms. The van der Waals surface area contributed by atoms with Gasteiger partial charge >= 0.3 is 0 Å². The maximum absolute atomic E-state index is 12.4. The summed E-state index contributed by atoms with van der Waals surface area (Å²) in [4.78, 5) is 19.9. The molecule has 1 saturated heterocycles. The van der Waals surface area contributed by atoms with Gasteiger partial charge in [0.15, 0.2) is 0 Å². The van der Waals surface area contributed by atoms with Gasteiger partial charge < -0.3 is 14.4 Å². The Labute approximate surface area is 139 Å². The molecule has 1 aliphatic rings. The maximum Gasteiger partial charge on any atom is 0.228 e. The van der Waals surface area contributed by atoms with Crippen LogP contribution >= 0.6 is 11.3 Å². The second kappa shape index (κ2) is 7.10. The van der Waals surface area contributed by atoms with Crippen molar-refractivity contribution < 1.29 is 14.3 Å². The van der Waals surface area contributed by atoms with Crippen molar-refractivity contribution in [3.8, 4) is 16.3 Å². The summed E-state index contributed by atoms with van der Waals surface area (Å²) in [5.41, 5.74) is 1.94. The number of carbonyl (C=O) groups is 1. The molecule has 0 N–H and O–H groups in total. The molecule has 0 saturated carbocycles. The van der Waals surface area contributed by atoms with Crippen LogP contribution in [0, 0.1) is 6.92 Å². The van der Waals surface area contributed by atoms with Gasteiger partial charge in [0.1, 0.15) is 10.8 Å². The number of amides is 1. The van der Waals surface area contributed by atoms with Crippen LogP contribution in [0.3, 0.4) is 0 Å². The summed E-state index contributed by atoms with van der Waals surface area (Å²) in [7, 11) is 1.65. The normalized spacial score (nSPS) is 14.8. The van der Waals surface area contributed by atoms with Crippen molar-refractivity contribution in [1.82, 2.24) is 9.88 Å². The van der Waals surface area contributed by atoms with E-state index in [0.717, 1.165) is 26.9 Å². The second-order valence-electron chi connectivity index (χ2n) is 5.43. The zero-order valence-electron chi connectivity index (χ0n) is 13.4. The molecule has 1 aromatic carbocycles. The van der Waals surface area contributed by atoms with E-state index in [1.54, 1.807) is 18.4 Å². The number of morpholine rings is 1. The maximum atomic E-state index is 12.4. The summed E-state index contributed by atoms with van der Waals surface area (Å²) in [6.45, 7) is 4.58. The van der Waals surface area contributed by atoms with Gasteiger partial charge in [-0.1, -0.05) is 12.1 Å². The van der Waals surface area contributed by atoms with E-state index in [2.05, 4.69) is 4.98 Å². The first kappa shape index (κ1) is 16.0. The molecule has 1 aliphatic heterocycles. The molecule has 5 nitrogen and oxygen atoms in total. The van der Waals surface area contributed by atoms with Crippen LogP contribution in [0.5, 0.6) is 5.75 Å². The van der Waals surface area contributed by atoms with Crippen LogP contribution in [0.25, 0.3) is 10.6 Å². The van der Waals surface area contributed by atoms with Crippen LogP contribution in [0.2, 0.25) is 0 Å². The third-order valence-electron chi connectivity index (χ3n) is 3.88. The number of thiazole rings is 1. The highest BCUT2D eigenvalue weighted by Gasteiger charge is 2.20. The van der Waals surface area contributed by atoms with Gasteiger partial charge in [-0.05, 0) is 19.1 Å². The Kier molecular flexibility index (Phi) is 4.93. The predicted octanol–water partition coefficient (Wildman–Crippen LogP) is 2.53. The fourth-order valence-corrected chi connectivity index (χ4v) is 3.58. The molecule has 2 heterocycles. The number of hydrogen-bond donors (Lipinski definition) is 0. The first-order valence-corrected chi connectivity index (χ1v) is 8.45. The predicted molar refractivity (Wildman–Crippen MR) is 89.9 cm³/mol. The van der Waals surface area contributed by atoms with Crippen molar-refractivity contribution in [2.45, 2.75) is 13.3 Å². The number of aromatic nitrogens is 1. The van der Waals surface area contributed by atoms with Gasteiger partial charge in [0.05, 0.1) is 32.4 Å². The molecule has 1 aromatic heterocycles. The van der Waals surface area contributed by atoms with Gasteiger partial charge in [0.2, 0.25) is 5.91 Å². The number of nitrogens with zero attached hydrogens (tertiary/aromatic N) is 2. The van der Waals surface area contributed by atoms with Crippen molar-refractivity contribution in [3.05, 3.63) is 34.8 Å². The Hall–Kier alpha value is -1.92. The van der Waals surface area contributed by atoms with Crippen molar-refractivity contribution >= 4 is 17.2 Å². The minimum Gasteiger partial charge on any atom is -0.497 e. The Bertz CT molecular complexity index is 693. The quantitative estimate of drug-likeness (QED) is 0.863. The minimum atomic E-state index is 0.150. The van der Waals surface area contributed by atoms with Crippen molar-refractivity contribution in [3.63, 3.8) is 0 Å². The van der Waals surface area contributed by atoms with E-state index < -0.39 is 0 Å². The van der Waals surface area contributed by atoms with Crippen molar-refractivity contribution in [2.75, 3.05) is 33.4 Å². The van der Waals surface area contributed by atoms with E-state index in [0.29, 0.717) is 32.7 Å². The molecule has 6 heteroatoms. The number of ether oxygens (including phenoxy) is 2. The monoisotopic (exact) mass is 332 g/mol. The number of aryl methyl sites for hydroxylation is 1. The summed E-state index contributed by atoms with van der Waals surface area (Å²) in [6, 6.07) is 7.83. The van der Waals surface area contributed by atoms with Crippen LogP contribution in [0.4, 0.5) is 0 Å². The average molecular weight is 332 g/mol. The minimum absolute atomic E-state index is 0.150. The highest BCUT2D eigenvalue weighted by atomic mass is 32.1. The molecule has 0 bridgehead atoms. The van der Waals surface area contributed by atoms with Crippen LogP contribution < -0.4 is 4.74 Å². The van der Waals surface area contributed by atoms with E-state index in [1.807, 2.05) is 36.1 Å². The summed E-state index contributed by atoms with van der Waals surface area (Å²) in [6.07, 6.45) is 0.410. The van der Waals surface area contributed by atoms with Gasteiger partial charge in [-0.15, -0.1) is 11.3 Å². The van der Waals surface area contributed by atoms with E-state index in [1.165, 1.54) is 0 Å². The lowest BCUT2D eigenvalue weighted by molar-refractivity contribution is -0.134. The number of methoxy groups -OCH3 is 1. The lowest BCUT2D eigenvalue weighted by atomic mass is 10.2. The van der Waals surface area contributed by atoms with Gasteiger partial charge in [0, 0.05) is 23.5 Å². The molecular weight excluding hydrogens is 312 g/mol. The standard InChI is InChI=1S/C17H20N2O3S/c1-12-15(11-16(20)19-6-8-22-9-7-19)23-17(18-12)13-4-3-5-14(10-13)21-2/h3-5,10H,6-9,11H2,1-2H3. The second-order valence-corrected chi connectivity index (χ2v) is 6.51.